The number of cyclic esters (lactones) is 1. The number of ether oxygens (including phenoxy) is 1. The van der Waals surface area contributed by atoms with Gasteiger partial charge in [0.05, 0.1) is 6.61 Å². The molecule has 1 rings (SSSR count). The highest BCUT2D eigenvalue weighted by molar-refractivity contribution is 6.37. The molecule has 1 aliphatic heterocycles. The number of carbonyl (C=O) groups excluding carboxylic acids is 1. The monoisotopic (exact) mass is 113 g/mol. The third kappa shape index (κ3) is 0.710. The highest BCUT2D eigenvalue weighted by Crippen LogP contribution is 2.00. The molecule has 0 spiro atoms. The number of carbonyl (C=O) groups is 1. The second-order valence-electron chi connectivity index (χ2n) is 1.56. The van der Waals surface area contributed by atoms with Gasteiger partial charge in [-0.2, -0.15) is 0 Å². The summed E-state index contributed by atoms with van der Waals surface area (Å²) in [5.41, 5.74) is 0.560. The van der Waals surface area contributed by atoms with Gasteiger partial charge in [0, 0.05) is 13.5 Å². The minimum Gasteiger partial charge on any atom is -0.461 e. The molecule has 0 atom stereocenters. The molecule has 0 aromatic carbocycles. The Labute approximate surface area is 47.4 Å². The summed E-state index contributed by atoms with van der Waals surface area (Å²) < 4.78 is 4.59. The summed E-state index contributed by atoms with van der Waals surface area (Å²) in [5, 5.41) is 0. The Balaban J connectivity index is 2.69. The molecule has 3 heteroatoms. The molecular weight excluding hydrogens is 106 g/mol. The molecule has 3 nitrogen and oxygen atoms in total. The van der Waals surface area contributed by atoms with Crippen LogP contribution in [0, 0.1) is 0 Å². The van der Waals surface area contributed by atoms with Crippen LogP contribution in [0.3, 0.4) is 0 Å². The quantitative estimate of drug-likeness (QED) is 0.415. The second-order valence-corrected chi connectivity index (χ2v) is 1.56. The van der Waals surface area contributed by atoms with E-state index in [-0.39, 0.29) is 5.97 Å². The minimum atomic E-state index is -0.257. The lowest BCUT2D eigenvalue weighted by Crippen LogP contribution is -2.04. The fourth-order valence-corrected chi connectivity index (χ4v) is 0.629. The zero-order chi connectivity index (χ0) is 5.98. The van der Waals surface area contributed by atoms with Crippen LogP contribution in [0.4, 0.5) is 0 Å². The molecule has 0 amide bonds. The second kappa shape index (κ2) is 1.94. The molecule has 0 aromatic rings. The van der Waals surface area contributed by atoms with Gasteiger partial charge in [0.15, 0.2) is 0 Å². The molecule has 8 heavy (non-hydrogen) atoms. The van der Waals surface area contributed by atoms with Gasteiger partial charge in [0.1, 0.15) is 5.71 Å². The van der Waals surface area contributed by atoms with Crippen molar-refractivity contribution in [3.8, 4) is 0 Å². The molecular formula is C5H7NO2. The van der Waals surface area contributed by atoms with E-state index in [2.05, 4.69) is 9.73 Å². The molecule has 1 saturated heterocycles. The van der Waals surface area contributed by atoms with Gasteiger partial charge in [-0.05, 0) is 0 Å². The lowest BCUT2D eigenvalue weighted by atomic mass is 10.3. The Morgan fingerprint density at radius 1 is 1.75 bits per heavy atom. The fraction of sp³-hybridized carbons (Fsp3) is 0.600. The molecule has 0 aliphatic carbocycles. The standard InChI is InChI=1S/C5H7NO2/c1-6-4-2-3-8-5(4)7/h2-3H2,1H3. The summed E-state index contributed by atoms with van der Waals surface area (Å²) in [4.78, 5) is 14.2. The van der Waals surface area contributed by atoms with E-state index in [1.54, 1.807) is 7.05 Å². The number of hydrogen-bond donors (Lipinski definition) is 0. The van der Waals surface area contributed by atoms with Crippen LogP contribution in [0.1, 0.15) is 6.42 Å². The Hall–Kier alpha value is -0.860. The van der Waals surface area contributed by atoms with Crippen LogP contribution < -0.4 is 0 Å². The van der Waals surface area contributed by atoms with Gasteiger partial charge in [-0.25, -0.2) is 4.79 Å². The van der Waals surface area contributed by atoms with Gasteiger partial charge in [-0.1, -0.05) is 0 Å². The molecule has 1 aliphatic rings. The van der Waals surface area contributed by atoms with Crippen LogP contribution in [0.2, 0.25) is 0 Å². The number of rotatable bonds is 0. The first-order chi connectivity index (χ1) is 3.84. The first-order valence-electron chi connectivity index (χ1n) is 2.47. The van der Waals surface area contributed by atoms with Gasteiger partial charge in [-0.15, -0.1) is 0 Å². The average Bonchev–Trinajstić information content (AvgIpc) is 2.14. The summed E-state index contributed by atoms with van der Waals surface area (Å²) in [6.45, 7) is 0.505. The summed E-state index contributed by atoms with van der Waals surface area (Å²) in [6, 6.07) is 0. The van der Waals surface area contributed by atoms with Crippen molar-refractivity contribution in [1.82, 2.24) is 0 Å². The molecule has 0 radical (unpaired) electrons. The average molecular weight is 113 g/mol. The fourth-order valence-electron chi connectivity index (χ4n) is 0.629. The number of hydrogen-bond acceptors (Lipinski definition) is 3. The SMILES string of the molecule is CN=C1CCOC1=O. The molecule has 0 saturated carbocycles. The maximum atomic E-state index is 10.5. The smallest absolute Gasteiger partial charge is 0.352 e. The van der Waals surface area contributed by atoms with Gasteiger partial charge < -0.3 is 4.74 Å². The van der Waals surface area contributed by atoms with Crippen LogP contribution in [0.15, 0.2) is 4.99 Å². The Bertz CT molecular complexity index is 139. The maximum absolute atomic E-state index is 10.5. The topological polar surface area (TPSA) is 38.7 Å². The molecule has 0 bridgehead atoms. The maximum Gasteiger partial charge on any atom is 0.352 e. The van der Waals surface area contributed by atoms with Crippen LogP contribution >= 0.6 is 0 Å². The molecule has 0 N–H and O–H groups in total. The van der Waals surface area contributed by atoms with E-state index in [9.17, 15) is 4.79 Å². The van der Waals surface area contributed by atoms with Gasteiger partial charge >= 0.3 is 5.97 Å². The predicted molar refractivity (Wildman–Crippen MR) is 28.9 cm³/mol. The summed E-state index contributed by atoms with van der Waals surface area (Å²) in [6.07, 6.45) is 0.676. The minimum absolute atomic E-state index is 0.257. The van der Waals surface area contributed by atoms with Crippen molar-refractivity contribution < 1.29 is 9.53 Å². The lowest BCUT2D eigenvalue weighted by Gasteiger charge is -1.83. The van der Waals surface area contributed by atoms with Gasteiger partial charge in [-0.3, -0.25) is 4.99 Å². The molecule has 1 fully saturated rings. The number of esters is 1. The summed E-state index contributed by atoms with van der Waals surface area (Å²) >= 11 is 0. The third-order valence-corrected chi connectivity index (χ3v) is 1.08. The zero-order valence-electron chi connectivity index (χ0n) is 4.68. The van der Waals surface area contributed by atoms with E-state index in [1.165, 1.54) is 0 Å². The summed E-state index contributed by atoms with van der Waals surface area (Å²) in [5.74, 6) is -0.257. The molecule has 0 unspecified atom stereocenters. The first-order valence-corrected chi connectivity index (χ1v) is 2.47. The Morgan fingerprint density at radius 3 is 2.75 bits per heavy atom. The number of nitrogens with zero attached hydrogens (tertiary/aromatic N) is 1. The Morgan fingerprint density at radius 2 is 2.50 bits per heavy atom. The van der Waals surface area contributed by atoms with E-state index < -0.39 is 0 Å². The van der Waals surface area contributed by atoms with E-state index >= 15 is 0 Å². The number of aliphatic imine (C=N–C) groups is 1. The highest BCUT2D eigenvalue weighted by Gasteiger charge is 2.18. The largest absolute Gasteiger partial charge is 0.461 e. The lowest BCUT2D eigenvalue weighted by molar-refractivity contribution is -0.132. The van der Waals surface area contributed by atoms with Crippen molar-refractivity contribution in [2.75, 3.05) is 13.7 Å². The van der Waals surface area contributed by atoms with E-state index in [0.29, 0.717) is 18.7 Å². The van der Waals surface area contributed by atoms with Crippen molar-refractivity contribution in [3.63, 3.8) is 0 Å². The van der Waals surface area contributed by atoms with Crippen molar-refractivity contribution in [2.24, 2.45) is 4.99 Å². The van der Waals surface area contributed by atoms with Crippen LogP contribution in [-0.2, 0) is 9.53 Å². The molecule has 44 valence electrons. The molecule has 0 aromatic heterocycles. The van der Waals surface area contributed by atoms with Crippen molar-refractivity contribution in [1.29, 1.82) is 0 Å². The van der Waals surface area contributed by atoms with Gasteiger partial charge in [0.25, 0.3) is 0 Å². The van der Waals surface area contributed by atoms with E-state index in [4.69, 9.17) is 0 Å². The predicted octanol–water partition coefficient (Wildman–Crippen LogP) is 0.00410. The Kier molecular flexibility index (Phi) is 1.28. The van der Waals surface area contributed by atoms with Crippen molar-refractivity contribution in [2.45, 2.75) is 6.42 Å². The summed E-state index contributed by atoms with van der Waals surface area (Å²) in [7, 11) is 1.60. The van der Waals surface area contributed by atoms with Crippen molar-refractivity contribution >= 4 is 11.7 Å². The van der Waals surface area contributed by atoms with Crippen LogP contribution in [0.5, 0.6) is 0 Å². The van der Waals surface area contributed by atoms with Gasteiger partial charge in [0.2, 0.25) is 0 Å². The normalized spacial score (nSPS) is 24.1. The van der Waals surface area contributed by atoms with Crippen LogP contribution in [0.25, 0.3) is 0 Å². The third-order valence-electron chi connectivity index (χ3n) is 1.08. The first kappa shape index (κ1) is 5.28. The van der Waals surface area contributed by atoms with Crippen LogP contribution in [-0.4, -0.2) is 25.3 Å². The molecule has 1 heterocycles. The highest BCUT2D eigenvalue weighted by atomic mass is 16.5. The van der Waals surface area contributed by atoms with E-state index in [0.717, 1.165) is 0 Å². The van der Waals surface area contributed by atoms with E-state index in [1.807, 2.05) is 0 Å². The zero-order valence-corrected chi connectivity index (χ0v) is 4.68. The van der Waals surface area contributed by atoms with Crippen molar-refractivity contribution in [3.05, 3.63) is 0 Å².